The molecule has 0 aliphatic carbocycles. The van der Waals surface area contributed by atoms with Gasteiger partial charge < -0.3 is 30.8 Å². The summed E-state index contributed by atoms with van der Waals surface area (Å²) in [5.74, 6) is -0.800. The van der Waals surface area contributed by atoms with Crippen LogP contribution >= 0.6 is 36.4 Å². The van der Waals surface area contributed by atoms with E-state index in [0.717, 1.165) is 25.2 Å². The summed E-state index contributed by atoms with van der Waals surface area (Å²) in [6.45, 7) is 5.83. The summed E-state index contributed by atoms with van der Waals surface area (Å²) >= 11 is 5.95. The van der Waals surface area contributed by atoms with Crippen LogP contribution in [0.15, 0.2) is 35.1 Å². The molecule has 1 aromatic heterocycles. The number of nitrogens with one attached hydrogen (secondary N) is 3. The second kappa shape index (κ2) is 15.8. The number of hydrogen-bond donors (Lipinski definition) is 4. The number of benzene rings is 1. The maximum absolute atomic E-state index is 12.6. The van der Waals surface area contributed by atoms with Crippen molar-refractivity contribution in [2.45, 2.75) is 32.0 Å². The normalized spacial score (nSPS) is 17.3. The van der Waals surface area contributed by atoms with Crippen LogP contribution in [0.5, 0.6) is 0 Å². The Bertz CT molecular complexity index is 1080. The van der Waals surface area contributed by atoms with Crippen LogP contribution in [0.3, 0.4) is 0 Å². The molecule has 1 amide bonds. The standard InChI is InChI=1S/C24H32ClN5O5.2ClH/c1-3-35-24(33)16-6-4-15(5-7-16)13-27-9-11-30-10-8-19(20(14-30)34-2)28-22(31)17-12-18(25)21(26)29-23(17)32;;/h4-7,12,19-20,27H,3,8-11,13-14H2,1-2H3,(H,28,31)(H3,26,29,32);2*1H/t19-,20+;;/m1../s1. The largest absolute Gasteiger partial charge is 0.462 e. The minimum atomic E-state index is -0.586. The second-order valence-electron chi connectivity index (χ2n) is 8.31. The first-order chi connectivity index (χ1) is 16.8. The van der Waals surface area contributed by atoms with E-state index < -0.39 is 11.5 Å². The molecule has 0 unspecified atom stereocenters. The SMILES string of the molecule is CCOC(=O)c1ccc(CNCCN2CC[C@@H](NC(=O)c3cc(Cl)c(N)[nH]c3=O)[C@@H](OC)C2)cc1.Cl.Cl. The number of nitrogens with zero attached hydrogens (tertiary/aromatic N) is 1. The zero-order chi connectivity index (χ0) is 25.4. The highest BCUT2D eigenvalue weighted by molar-refractivity contribution is 6.33. The molecule has 0 radical (unpaired) electrons. The average molecular weight is 579 g/mol. The monoisotopic (exact) mass is 577 g/mol. The van der Waals surface area contributed by atoms with Crippen molar-refractivity contribution in [2.24, 2.45) is 0 Å². The Morgan fingerprint density at radius 1 is 1.24 bits per heavy atom. The molecule has 1 aromatic carbocycles. The maximum atomic E-state index is 12.6. The van der Waals surface area contributed by atoms with E-state index in [4.69, 9.17) is 26.8 Å². The first-order valence-electron chi connectivity index (χ1n) is 11.5. The number of amides is 1. The molecule has 10 nitrogen and oxygen atoms in total. The summed E-state index contributed by atoms with van der Waals surface area (Å²) in [6.07, 6.45) is 0.464. The molecule has 1 aliphatic rings. The highest BCUT2D eigenvalue weighted by Gasteiger charge is 2.31. The van der Waals surface area contributed by atoms with E-state index in [-0.39, 0.29) is 59.3 Å². The Morgan fingerprint density at radius 3 is 2.59 bits per heavy atom. The maximum Gasteiger partial charge on any atom is 0.338 e. The third-order valence-electron chi connectivity index (χ3n) is 5.93. The lowest BCUT2D eigenvalue weighted by molar-refractivity contribution is 0.00678. The van der Waals surface area contributed by atoms with E-state index in [2.05, 4.69) is 20.5 Å². The van der Waals surface area contributed by atoms with E-state index in [1.54, 1.807) is 26.2 Å². The molecule has 1 fully saturated rings. The fraction of sp³-hybridized carbons (Fsp3) is 0.458. The Balaban J connectivity index is 0.00000342. The predicted molar refractivity (Wildman–Crippen MR) is 148 cm³/mol. The van der Waals surface area contributed by atoms with Gasteiger partial charge in [0.05, 0.1) is 29.3 Å². The van der Waals surface area contributed by atoms with Crippen molar-refractivity contribution in [1.82, 2.24) is 20.5 Å². The van der Waals surface area contributed by atoms with E-state index in [1.807, 2.05) is 12.1 Å². The van der Waals surface area contributed by atoms with Crippen molar-refractivity contribution in [2.75, 3.05) is 45.6 Å². The summed E-state index contributed by atoms with van der Waals surface area (Å²) in [5, 5.41) is 6.42. The van der Waals surface area contributed by atoms with Gasteiger partial charge in [-0.2, -0.15) is 0 Å². The average Bonchev–Trinajstić information content (AvgIpc) is 2.85. The second-order valence-corrected chi connectivity index (χ2v) is 8.72. The summed E-state index contributed by atoms with van der Waals surface area (Å²) in [7, 11) is 1.61. The molecule has 1 saturated heterocycles. The number of H-pyrrole nitrogens is 1. The summed E-state index contributed by atoms with van der Waals surface area (Å²) in [6, 6.07) is 8.40. The molecule has 3 rings (SSSR count). The number of pyridine rings is 1. The highest BCUT2D eigenvalue weighted by Crippen LogP contribution is 2.17. The quantitative estimate of drug-likeness (QED) is 0.249. The number of rotatable bonds is 10. The molecule has 206 valence electrons. The number of nitrogen functional groups attached to an aromatic ring is 1. The van der Waals surface area contributed by atoms with Gasteiger partial charge in [0.25, 0.3) is 11.5 Å². The van der Waals surface area contributed by atoms with Crippen molar-refractivity contribution in [3.8, 4) is 0 Å². The highest BCUT2D eigenvalue weighted by atomic mass is 35.5. The van der Waals surface area contributed by atoms with Crippen LogP contribution in [0, 0.1) is 0 Å². The van der Waals surface area contributed by atoms with Gasteiger partial charge in [0.15, 0.2) is 0 Å². The number of piperidine rings is 1. The zero-order valence-electron chi connectivity index (χ0n) is 20.8. The van der Waals surface area contributed by atoms with Crippen LogP contribution in [-0.2, 0) is 16.0 Å². The number of nitrogens with two attached hydrogens (primary N) is 1. The third-order valence-corrected chi connectivity index (χ3v) is 6.24. The third kappa shape index (κ3) is 9.17. The summed E-state index contributed by atoms with van der Waals surface area (Å²) in [5.41, 5.74) is 6.53. The van der Waals surface area contributed by atoms with Crippen molar-refractivity contribution in [1.29, 1.82) is 0 Å². The zero-order valence-corrected chi connectivity index (χ0v) is 23.1. The fourth-order valence-electron chi connectivity index (χ4n) is 3.96. The number of ether oxygens (including phenoxy) is 2. The van der Waals surface area contributed by atoms with Crippen molar-refractivity contribution in [3.05, 3.63) is 62.4 Å². The van der Waals surface area contributed by atoms with Gasteiger partial charge >= 0.3 is 5.97 Å². The first kappa shape index (κ1) is 32.7. The van der Waals surface area contributed by atoms with Crippen LogP contribution in [-0.4, -0.2) is 73.8 Å². The Morgan fingerprint density at radius 2 is 1.95 bits per heavy atom. The number of methoxy groups -OCH3 is 1. The predicted octanol–water partition coefficient (Wildman–Crippen LogP) is 2.24. The molecule has 1 aliphatic heterocycles. The molecule has 37 heavy (non-hydrogen) atoms. The molecular formula is C24H34Cl3N5O5. The van der Waals surface area contributed by atoms with Crippen molar-refractivity contribution in [3.63, 3.8) is 0 Å². The fourth-order valence-corrected chi connectivity index (χ4v) is 4.12. The van der Waals surface area contributed by atoms with Crippen molar-refractivity contribution < 1.29 is 19.1 Å². The molecule has 13 heteroatoms. The van der Waals surface area contributed by atoms with Crippen LogP contribution in [0.1, 0.15) is 39.6 Å². The van der Waals surface area contributed by atoms with Gasteiger partial charge in [-0.15, -0.1) is 24.8 Å². The number of carbonyl (C=O) groups is 2. The number of aromatic amines is 1. The Labute approximate surface area is 233 Å². The van der Waals surface area contributed by atoms with Gasteiger partial charge in [-0.3, -0.25) is 14.5 Å². The van der Waals surface area contributed by atoms with Crippen LogP contribution in [0.2, 0.25) is 5.02 Å². The lowest BCUT2D eigenvalue weighted by Crippen LogP contribution is -2.55. The van der Waals surface area contributed by atoms with Crippen LogP contribution in [0.25, 0.3) is 0 Å². The van der Waals surface area contributed by atoms with Gasteiger partial charge in [0.2, 0.25) is 0 Å². The smallest absolute Gasteiger partial charge is 0.338 e. The van der Waals surface area contributed by atoms with Crippen molar-refractivity contribution >= 4 is 54.1 Å². The molecule has 0 spiro atoms. The van der Waals surface area contributed by atoms with E-state index in [9.17, 15) is 14.4 Å². The van der Waals surface area contributed by atoms with Crippen LogP contribution in [0.4, 0.5) is 5.82 Å². The first-order valence-corrected chi connectivity index (χ1v) is 11.9. The van der Waals surface area contributed by atoms with Gasteiger partial charge in [0.1, 0.15) is 11.4 Å². The lowest BCUT2D eigenvalue weighted by atomic mass is 10.0. The van der Waals surface area contributed by atoms with E-state index in [1.165, 1.54) is 6.07 Å². The lowest BCUT2D eigenvalue weighted by Gasteiger charge is -2.38. The van der Waals surface area contributed by atoms with Gasteiger partial charge in [0, 0.05) is 39.8 Å². The Kier molecular flexibility index (Phi) is 14.0. The molecule has 2 heterocycles. The molecule has 5 N–H and O–H groups in total. The number of aromatic nitrogens is 1. The van der Waals surface area contributed by atoms with E-state index >= 15 is 0 Å². The summed E-state index contributed by atoms with van der Waals surface area (Å²) < 4.78 is 10.6. The minimum Gasteiger partial charge on any atom is -0.462 e. The molecule has 0 bridgehead atoms. The number of carbonyl (C=O) groups excluding carboxylic acids is 2. The molecule has 2 atom stereocenters. The van der Waals surface area contributed by atoms with Gasteiger partial charge in [-0.1, -0.05) is 23.7 Å². The summed E-state index contributed by atoms with van der Waals surface area (Å²) in [4.78, 5) is 41.1. The van der Waals surface area contributed by atoms with Gasteiger partial charge in [-0.25, -0.2) is 4.79 Å². The number of hydrogen-bond acceptors (Lipinski definition) is 8. The number of esters is 1. The number of anilines is 1. The van der Waals surface area contributed by atoms with Gasteiger partial charge in [-0.05, 0) is 37.1 Å². The van der Waals surface area contributed by atoms with E-state index in [0.29, 0.717) is 31.7 Å². The Hall–Kier alpha value is -2.34. The number of likely N-dealkylation sites (tertiary alicyclic amines) is 1. The molecular weight excluding hydrogens is 545 g/mol. The topological polar surface area (TPSA) is 139 Å². The van der Waals surface area contributed by atoms with Crippen LogP contribution < -0.4 is 21.9 Å². The number of halogens is 3. The molecule has 2 aromatic rings. The minimum absolute atomic E-state index is 0. The molecule has 0 saturated carbocycles.